The number of aromatic nitrogens is 2. The Morgan fingerprint density at radius 2 is 2.25 bits per heavy atom. The van der Waals surface area contributed by atoms with Crippen molar-refractivity contribution in [1.29, 1.82) is 0 Å². The normalized spacial score (nSPS) is 13.8. The molecule has 1 aliphatic rings. The van der Waals surface area contributed by atoms with Gasteiger partial charge in [-0.3, -0.25) is 9.67 Å². The molecule has 0 saturated carbocycles. The van der Waals surface area contributed by atoms with Gasteiger partial charge in [-0.1, -0.05) is 22.0 Å². The summed E-state index contributed by atoms with van der Waals surface area (Å²) in [6, 6.07) is 6.23. The van der Waals surface area contributed by atoms with E-state index >= 15 is 0 Å². The average Bonchev–Trinajstić information content (AvgIpc) is 2.83. The van der Waals surface area contributed by atoms with Crippen molar-refractivity contribution in [3.05, 3.63) is 46.2 Å². The second-order valence-corrected chi connectivity index (χ2v) is 4.83. The summed E-state index contributed by atoms with van der Waals surface area (Å²) in [6.45, 7) is 0. The van der Waals surface area contributed by atoms with Gasteiger partial charge in [0.2, 0.25) is 0 Å². The monoisotopic (exact) mass is 275 g/mol. The Labute approximate surface area is 102 Å². The fraction of sp³-hybridized carbons (Fsp3) is 0.167. The smallest absolute Gasteiger partial charge is 0.0680 e. The van der Waals surface area contributed by atoms with Crippen molar-refractivity contribution in [2.45, 2.75) is 6.42 Å². The maximum Gasteiger partial charge on any atom is 0.0680 e. The van der Waals surface area contributed by atoms with Crippen LogP contribution >= 0.6 is 15.9 Å². The van der Waals surface area contributed by atoms with Crippen LogP contribution in [0.15, 0.2) is 40.1 Å². The molecule has 3 nitrogen and oxygen atoms in total. The van der Waals surface area contributed by atoms with Gasteiger partial charge >= 0.3 is 0 Å². The molecule has 80 valence electrons. The third kappa shape index (κ3) is 1.59. The molecule has 1 aromatic heterocycles. The predicted molar refractivity (Wildman–Crippen MR) is 67.3 cm³/mol. The Morgan fingerprint density at radius 1 is 1.38 bits per heavy atom. The SMILES string of the molecule is Cn1cc(C2=Nc3cc(Br)ccc3C2)cn1. The van der Waals surface area contributed by atoms with Crippen molar-refractivity contribution < 1.29 is 0 Å². The van der Waals surface area contributed by atoms with E-state index in [0.717, 1.165) is 27.9 Å². The summed E-state index contributed by atoms with van der Waals surface area (Å²) < 4.78 is 2.87. The summed E-state index contributed by atoms with van der Waals surface area (Å²) in [6.07, 6.45) is 4.76. The molecule has 0 atom stereocenters. The number of fused-ring (bicyclic) bond motifs is 1. The van der Waals surface area contributed by atoms with Gasteiger partial charge in [-0.05, 0) is 17.7 Å². The first-order chi connectivity index (χ1) is 7.72. The van der Waals surface area contributed by atoms with Crippen LogP contribution in [0, 0.1) is 0 Å². The second-order valence-electron chi connectivity index (χ2n) is 3.91. The van der Waals surface area contributed by atoms with Crippen LogP contribution in [-0.4, -0.2) is 15.5 Å². The number of rotatable bonds is 1. The summed E-state index contributed by atoms with van der Waals surface area (Å²) in [5.41, 5.74) is 4.55. The molecule has 4 heteroatoms. The third-order valence-corrected chi connectivity index (χ3v) is 3.19. The van der Waals surface area contributed by atoms with Gasteiger partial charge in [-0.2, -0.15) is 5.10 Å². The molecule has 2 aromatic rings. The standard InChI is InChI=1S/C12H10BrN3/c1-16-7-9(6-14-16)11-4-8-2-3-10(13)5-12(8)15-11/h2-3,5-7H,4H2,1H3. The van der Waals surface area contributed by atoms with Gasteiger partial charge in [-0.25, -0.2) is 0 Å². The van der Waals surface area contributed by atoms with Gasteiger partial charge in [0, 0.05) is 29.7 Å². The lowest BCUT2D eigenvalue weighted by molar-refractivity contribution is 0.767. The van der Waals surface area contributed by atoms with Gasteiger partial charge in [0.1, 0.15) is 0 Å². The highest BCUT2D eigenvalue weighted by Gasteiger charge is 2.16. The molecule has 0 fully saturated rings. The minimum absolute atomic E-state index is 0.897. The fourth-order valence-electron chi connectivity index (χ4n) is 1.89. The van der Waals surface area contributed by atoms with E-state index in [0.29, 0.717) is 0 Å². The first kappa shape index (κ1) is 9.78. The number of nitrogens with zero attached hydrogens (tertiary/aromatic N) is 3. The van der Waals surface area contributed by atoms with Gasteiger partial charge < -0.3 is 0 Å². The highest BCUT2D eigenvalue weighted by atomic mass is 79.9. The number of aliphatic imine (C=N–C) groups is 1. The number of benzene rings is 1. The van der Waals surface area contributed by atoms with Gasteiger partial charge in [0.15, 0.2) is 0 Å². The average molecular weight is 276 g/mol. The Kier molecular flexibility index (Phi) is 2.17. The molecular weight excluding hydrogens is 266 g/mol. The van der Waals surface area contributed by atoms with E-state index in [1.807, 2.05) is 19.4 Å². The molecule has 0 radical (unpaired) electrons. The van der Waals surface area contributed by atoms with E-state index in [-0.39, 0.29) is 0 Å². The lowest BCUT2D eigenvalue weighted by atomic mass is 10.1. The fourth-order valence-corrected chi connectivity index (χ4v) is 2.24. The molecule has 0 bridgehead atoms. The van der Waals surface area contributed by atoms with Crippen LogP contribution < -0.4 is 0 Å². The topological polar surface area (TPSA) is 30.2 Å². The molecule has 0 unspecified atom stereocenters. The van der Waals surface area contributed by atoms with Crippen molar-refractivity contribution in [2.24, 2.45) is 12.0 Å². The molecule has 1 aliphatic heterocycles. The van der Waals surface area contributed by atoms with Crippen LogP contribution in [-0.2, 0) is 13.5 Å². The van der Waals surface area contributed by atoms with Gasteiger partial charge in [0.05, 0.1) is 17.6 Å². The molecule has 0 aliphatic carbocycles. The molecule has 1 aromatic carbocycles. The molecule has 0 amide bonds. The molecular formula is C12H10BrN3. The van der Waals surface area contributed by atoms with Crippen LogP contribution in [0.2, 0.25) is 0 Å². The minimum atomic E-state index is 0.897. The van der Waals surface area contributed by atoms with Crippen LogP contribution in [0.4, 0.5) is 5.69 Å². The van der Waals surface area contributed by atoms with E-state index in [1.165, 1.54) is 5.56 Å². The number of halogens is 1. The molecule has 0 saturated heterocycles. The van der Waals surface area contributed by atoms with E-state index in [1.54, 1.807) is 4.68 Å². The summed E-state index contributed by atoms with van der Waals surface area (Å²) >= 11 is 3.46. The molecule has 0 N–H and O–H groups in total. The first-order valence-electron chi connectivity index (χ1n) is 5.07. The van der Waals surface area contributed by atoms with E-state index in [2.05, 4.69) is 44.2 Å². The van der Waals surface area contributed by atoms with Crippen LogP contribution in [0.25, 0.3) is 0 Å². The maximum absolute atomic E-state index is 4.63. The second kappa shape index (κ2) is 3.56. The van der Waals surface area contributed by atoms with Crippen molar-refractivity contribution >= 4 is 27.3 Å². The van der Waals surface area contributed by atoms with Crippen LogP contribution in [0.1, 0.15) is 11.1 Å². The predicted octanol–water partition coefficient (Wildman–Crippen LogP) is 2.86. The maximum atomic E-state index is 4.63. The molecule has 16 heavy (non-hydrogen) atoms. The van der Waals surface area contributed by atoms with Crippen LogP contribution in [0.3, 0.4) is 0 Å². The Bertz CT molecular complexity index is 584. The van der Waals surface area contributed by atoms with Crippen molar-refractivity contribution in [2.75, 3.05) is 0 Å². The highest BCUT2D eigenvalue weighted by Crippen LogP contribution is 2.31. The van der Waals surface area contributed by atoms with Crippen molar-refractivity contribution in [3.8, 4) is 0 Å². The Hall–Kier alpha value is -1.42. The third-order valence-electron chi connectivity index (χ3n) is 2.70. The van der Waals surface area contributed by atoms with Gasteiger partial charge in [0.25, 0.3) is 0 Å². The summed E-state index contributed by atoms with van der Waals surface area (Å²) in [5.74, 6) is 0. The molecule has 2 heterocycles. The molecule has 3 rings (SSSR count). The summed E-state index contributed by atoms with van der Waals surface area (Å²) in [4.78, 5) is 4.63. The number of aryl methyl sites for hydroxylation is 1. The zero-order valence-corrected chi connectivity index (χ0v) is 10.4. The van der Waals surface area contributed by atoms with E-state index < -0.39 is 0 Å². The van der Waals surface area contributed by atoms with Crippen molar-refractivity contribution in [1.82, 2.24) is 9.78 Å². The highest BCUT2D eigenvalue weighted by molar-refractivity contribution is 9.10. The lowest BCUT2D eigenvalue weighted by Gasteiger charge is -1.95. The first-order valence-corrected chi connectivity index (χ1v) is 5.87. The zero-order valence-electron chi connectivity index (χ0n) is 8.81. The van der Waals surface area contributed by atoms with E-state index in [4.69, 9.17) is 0 Å². The Balaban J connectivity index is 2.01. The molecule has 0 spiro atoms. The van der Waals surface area contributed by atoms with Gasteiger partial charge in [-0.15, -0.1) is 0 Å². The Morgan fingerprint density at radius 3 is 3.00 bits per heavy atom. The lowest BCUT2D eigenvalue weighted by Crippen LogP contribution is -1.98. The number of hydrogen-bond acceptors (Lipinski definition) is 2. The number of hydrogen-bond donors (Lipinski definition) is 0. The van der Waals surface area contributed by atoms with Crippen molar-refractivity contribution in [3.63, 3.8) is 0 Å². The largest absolute Gasteiger partial charge is 0.275 e. The van der Waals surface area contributed by atoms with Crippen LogP contribution in [0.5, 0.6) is 0 Å². The zero-order chi connectivity index (χ0) is 11.1. The van der Waals surface area contributed by atoms with E-state index in [9.17, 15) is 0 Å². The summed E-state index contributed by atoms with van der Waals surface area (Å²) in [5, 5.41) is 4.17. The quantitative estimate of drug-likeness (QED) is 0.787. The summed E-state index contributed by atoms with van der Waals surface area (Å²) in [7, 11) is 1.92. The minimum Gasteiger partial charge on any atom is -0.275 e.